The average Bonchev–Trinajstić information content (AvgIpc) is 3.16. The molecule has 0 aliphatic heterocycles. The lowest BCUT2D eigenvalue weighted by molar-refractivity contribution is 0.0685. The number of carboxylic acids is 1. The van der Waals surface area contributed by atoms with Crippen molar-refractivity contribution in [3.63, 3.8) is 0 Å². The number of hydrogen-bond donors (Lipinski definition) is 1. The van der Waals surface area contributed by atoms with Gasteiger partial charge in [0.05, 0.1) is 0 Å². The van der Waals surface area contributed by atoms with E-state index in [0.717, 1.165) is 25.7 Å². The van der Waals surface area contributed by atoms with Gasteiger partial charge in [0.2, 0.25) is 10.0 Å². The Balaban J connectivity index is 2.39. The van der Waals surface area contributed by atoms with Gasteiger partial charge in [-0.05, 0) is 31.7 Å². The topological polar surface area (TPSA) is 79.6 Å². The molecule has 0 amide bonds. The molecule has 1 fully saturated rings. The monoisotopic (exact) mass is 314 g/mol. The van der Waals surface area contributed by atoms with Crippen molar-refractivity contribution in [1.82, 2.24) is 8.87 Å². The molecule has 0 radical (unpaired) electrons. The molecule has 118 valence electrons. The largest absolute Gasteiger partial charge is 0.477 e. The molecule has 0 spiro atoms. The number of sulfonamides is 1. The zero-order valence-corrected chi connectivity index (χ0v) is 13.3. The van der Waals surface area contributed by atoms with Crippen molar-refractivity contribution >= 4 is 16.0 Å². The first-order valence-electron chi connectivity index (χ1n) is 7.37. The van der Waals surface area contributed by atoms with Crippen molar-refractivity contribution in [3.05, 3.63) is 18.0 Å². The number of aromatic carboxylic acids is 1. The third-order valence-corrected chi connectivity index (χ3v) is 5.43. The molecule has 0 saturated heterocycles. The van der Waals surface area contributed by atoms with E-state index in [9.17, 15) is 18.3 Å². The second-order valence-corrected chi connectivity index (χ2v) is 7.35. The van der Waals surface area contributed by atoms with Crippen molar-refractivity contribution in [1.29, 1.82) is 0 Å². The molecule has 7 heteroatoms. The minimum absolute atomic E-state index is 0.0593. The summed E-state index contributed by atoms with van der Waals surface area (Å²) in [6.45, 7) is 4.76. The van der Waals surface area contributed by atoms with Gasteiger partial charge in [-0.15, -0.1) is 0 Å². The van der Waals surface area contributed by atoms with Crippen LogP contribution in [0.25, 0.3) is 0 Å². The summed E-state index contributed by atoms with van der Waals surface area (Å²) in [5.74, 6) is -1.08. The number of hydrogen-bond acceptors (Lipinski definition) is 3. The van der Waals surface area contributed by atoms with E-state index in [2.05, 4.69) is 0 Å². The molecular weight excluding hydrogens is 292 g/mol. The van der Waals surface area contributed by atoms with E-state index < -0.39 is 16.0 Å². The highest BCUT2D eigenvalue weighted by Gasteiger charge is 2.32. The normalized spacial score (nSPS) is 15.6. The van der Waals surface area contributed by atoms with Gasteiger partial charge in [0.25, 0.3) is 0 Å². The zero-order chi connectivity index (χ0) is 15.6. The molecule has 0 atom stereocenters. The molecule has 1 N–H and O–H groups in total. The summed E-state index contributed by atoms with van der Waals surface area (Å²) in [4.78, 5) is 11.4. The van der Waals surface area contributed by atoms with Crippen molar-refractivity contribution < 1.29 is 18.3 Å². The molecular formula is C14H22N2O4S. The fraction of sp³-hybridized carbons (Fsp3) is 0.643. The van der Waals surface area contributed by atoms with Crippen LogP contribution in [0, 0.1) is 0 Å². The predicted molar refractivity (Wildman–Crippen MR) is 79.0 cm³/mol. The van der Waals surface area contributed by atoms with E-state index in [4.69, 9.17) is 0 Å². The maximum absolute atomic E-state index is 12.7. The van der Waals surface area contributed by atoms with Crippen LogP contribution in [-0.4, -0.2) is 41.5 Å². The summed E-state index contributed by atoms with van der Waals surface area (Å²) >= 11 is 0. The van der Waals surface area contributed by atoms with E-state index in [1.165, 1.54) is 16.6 Å². The van der Waals surface area contributed by atoms with Gasteiger partial charge in [-0.2, -0.15) is 4.31 Å². The van der Waals surface area contributed by atoms with Crippen LogP contribution in [0.2, 0.25) is 0 Å². The van der Waals surface area contributed by atoms with Gasteiger partial charge in [0, 0.05) is 25.3 Å². The first-order valence-corrected chi connectivity index (χ1v) is 8.81. The number of rotatable bonds is 8. The third-order valence-electron chi connectivity index (χ3n) is 3.57. The van der Waals surface area contributed by atoms with Gasteiger partial charge in [0.1, 0.15) is 10.6 Å². The molecule has 1 heterocycles. The smallest absolute Gasteiger partial charge is 0.352 e. The Kier molecular flexibility index (Phi) is 4.73. The van der Waals surface area contributed by atoms with Gasteiger partial charge in [0.15, 0.2) is 0 Å². The van der Waals surface area contributed by atoms with Crippen LogP contribution >= 0.6 is 0 Å². The maximum atomic E-state index is 12.7. The molecule has 1 aliphatic rings. The van der Waals surface area contributed by atoms with E-state index in [1.54, 1.807) is 4.57 Å². The van der Waals surface area contributed by atoms with Crippen LogP contribution < -0.4 is 0 Å². The van der Waals surface area contributed by atoms with Gasteiger partial charge in [-0.1, -0.05) is 13.8 Å². The Morgan fingerprint density at radius 1 is 1.33 bits per heavy atom. The fourth-order valence-corrected chi connectivity index (χ4v) is 4.07. The van der Waals surface area contributed by atoms with Gasteiger partial charge < -0.3 is 9.67 Å². The summed E-state index contributed by atoms with van der Waals surface area (Å²) in [5.41, 5.74) is 0.0593. The van der Waals surface area contributed by atoms with Crippen molar-refractivity contribution in [2.75, 3.05) is 13.1 Å². The van der Waals surface area contributed by atoms with Crippen molar-refractivity contribution in [2.45, 2.75) is 50.5 Å². The lowest BCUT2D eigenvalue weighted by atomic mass is 10.4. The lowest BCUT2D eigenvalue weighted by Gasteiger charge is -2.20. The molecule has 1 saturated carbocycles. The molecule has 1 aromatic heterocycles. The Bertz CT molecular complexity index is 611. The summed E-state index contributed by atoms with van der Waals surface area (Å²) in [5, 5.41) is 9.24. The average molecular weight is 314 g/mol. The molecule has 2 rings (SSSR count). The standard InChI is InChI=1S/C14H22N2O4S/c1-3-7-15(8-4-2)21(19,20)12-9-13(14(17)18)16(10-12)11-5-6-11/h9-11H,3-8H2,1-2H3,(H,17,18). The molecule has 1 aliphatic carbocycles. The summed E-state index contributed by atoms with van der Waals surface area (Å²) in [6, 6.07) is 1.42. The molecule has 1 aromatic rings. The molecule has 21 heavy (non-hydrogen) atoms. The van der Waals surface area contributed by atoms with E-state index in [1.807, 2.05) is 13.8 Å². The summed E-state index contributed by atoms with van der Waals surface area (Å²) in [7, 11) is -3.62. The summed E-state index contributed by atoms with van der Waals surface area (Å²) < 4.78 is 28.4. The number of aromatic nitrogens is 1. The first kappa shape index (κ1) is 16.0. The van der Waals surface area contributed by atoms with Crippen LogP contribution in [0.1, 0.15) is 56.1 Å². The number of nitrogens with zero attached hydrogens (tertiary/aromatic N) is 2. The number of carboxylic acid groups (broad SMARTS) is 1. The SMILES string of the molecule is CCCN(CCC)S(=O)(=O)c1cc(C(=O)O)n(C2CC2)c1. The molecule has 0 unspecified atom stereocenters. The minimum atomic E-state index is -3.62. The Labute approximate surface area is 125 Å². The highest BCUT2D eigenvalue weighted by molar-refractivity contribution is 7.89. The van der Waals surface area contributed by atoms with Crippen LogP contribution in [0.4, 0.5) is 0 Å². The van der Waals surface area contributed by atoms with E-state index in [0.29, 0.717) is 13.1 Å². The second kappa shape index (κ2) is 6.19. The van der Waals surface area contributed by atoms with Crippen LogP contribution in [-0.2, 0) is 10.0 Å². The Morgan fingerprint density at radius 3 is 2.33 bits per heavy atom. The fourth-order valence-electron chi connectivity index (χ4n) is 2.42. The van der Waals surface area contributed by atoms with Crippen LogP contribution in [0.5, 0.6) is 0 Å². The minimum Gasteiger partial charge on any atom is -0.477 e. The van der Waals surface area contributed by atoms with Gasteiger partial charge in [-0.3, -0.25) is 0 Å². The summed E-state index contributed by atoms with van der Waals surface area (Å²) in [6.07, 6.45) is 4.75. The second-order valence-electron chi connectivity index (χ2n) is 5.41. The van der Waals surface area contributed by atoms with Crippen molar-refractivity contribution in [2.24, 2.45) is 0 Å². The van der Waals surface area contributed by atoms with Gasteiger partial charge in [-0.25, -0.2) is 13.2 Å². The molecule has 6 nitrogen and oxygen atoms in total. The predicted octanol–water partition coefficient (Wildman–Crippen LogP) is 2.33. The van der Waals surface area contributed by atoms with E-state index in [-0.39, 0.29) is 16.6 Å². The molecule has 0 aromatic carbocycles. The number of carbonyl (C=O) groups is 1. The highest BCUT2D eigenvalue weighted by Crippen LogP contribution is 2.37. The van der Waals surface area contributed by atoms with Crippen LogP contribution in [0.3, 0.4) is 0 Å². The maximum Gasteiger partial charge on any atom is 0.352 e. The highest BCUT2D eigenvalue weighted by atomic mass is 32.2. The quantitative estimate of drug-likeness (QED) is 0.798. The Hall–Kier alpha value is -1.34. The van der Waals surface area contributed by atoms with Gasteiger partial charge >= 0.3 is 5.97 Å². The zero-order valence-electron chi connectivity index (χ0n) is 12.4. The third kappa shape index (κ3) is 3.29. The first-order chi connectivity index (χ1) is 9.91. The Morgan fingerprint density at radius 2 is 1.90 bits per heavy atom. The lowest BCUT2D eigenvalue weighted by Crippen LogP contribution is -2.32. The van der Waals surface area contributed by atoms with E-state index >= 15 is 0 Å². The van der Waals surface area contributed by atoms with Crippen molar-refractivity contribution in [3.8, 4) is 0 Å². The molecule has 0 bridgehead atoms. The van der Waals surface area contributed by atoms with Crippen LogP contribution in [0.15, 0.2) is 17.2 Å².